The van der Waals surface area contributed by atoms with Crippen molar-refractivity contribution < 1.29 is 9.90 Å². The second-order valence-electron chi connectivity index (χ2n) is 2.21. The van der Waals surface area contributed by atoms with Gasteiger partial charge in [0.15, 0.2) is 0 Å². The van der Waals surface area contributed by atoms with Gasteiger partial charge in [0.2, 0.25) is 0 Å². The van der Waals surface area contributed by atoms with Gasteiger partial charge >= 0.3 is 6.09 Å². The summed E-state index contributed by atoms with van der Waals surface area (Å²) in [4.78, 5) is 14.0. The number of rotatable bonds is 2. The van der Waals surface area contributed by atoms with E-state index in [1.807, 2.05) is 0 Å². The number of carboxylic acid groups (broad SMARTS) is 1. The third-order valence-electron chi connectivity index (χ3n) is 1.25. The maximum Gasteiger partial charge on any atom is 0.404 e. The molecule has 1 amide bonds. The lowest BCUT2D eigenvalue weighted by molar-refractivity contribution is 0.194. The minimum absolute atomic E-state index is 0.181. The molecule has 0 aromatic carbocycles. The molecule has 1 aromatic rings. The van der Waals surface area contributed by atoms with E-state index in [1.165, 1.54) is 0 Å². The molecule has 0 spiro atoms. The van der Waals surface area contributed by atoms with Crippen molar-refractivity contribution >= 4 is 11.9 Å². The van der Waals surface area contributed by atoms with Crippen LogP contribution in [-0.2, 0) is 6.54 Å². The van der Waals surface area contributed by atoms with Gasteiger partial charge in [-0.25, -0.2) is 9.78 Å². The predicted molar refractivity (Wildman–Crippen MR) is 43.5 cm³/mol. The summed E-state index contributed by atoms with van der Waals surface area (Å²) in [6, 6.07) is 5.07. The standard InChI is InChI=1S/C7H9N3O2/c8-6-3-1-2-5(10-6)4-9-7(11)12/h1-3,9H,4H2,(H2,8,10)(H,11,12). The van der Waals surface area contributed by atoms with E-state index in [0.717, 1.165) is 0 Å². The summed E-state index contributed by atoms with van der Waals surface area (Å²) >= 11 is 0. The maximum absolute atomic E-state index is 10.1. The number of anilines is 1. The monoisotopic (exact) mass is 167 g/mol. The van der Waals surface area contributed by atoms with Crippen LogP contribution in [0.4, 0.5) is 10.6 Å². The van der Waals surface area contributed by atoms with Crippen molar-refractivity contribution in [1.29, 1.82) is 0 Å². The first-order chi connectivity index (χ1) is 5.68. The Morgan fingerprint density at radius 3 is 3.00 bits per heavy atom. The van der Waals surface area contributed by atoms with Crippen molar-refractivity contribution in [3.63, 3.8) is 0 Å². The van der Waals surface area contributed by atoms with Crippen molar-refractivity contribution in [3.05, 3.63) is 23.9 Å². The van der Waals surface area contributed by atoms with Gasteiger partial charge in [0.25, 0.3) is 0 Å². The van der Waals surface area contributed by atoms with Gasteiger partial charge < -0.3 is 16.2 Å². The van der Waals surface area contributed by atoms with Crippen LogP contribution in [-0.4, -0.2) is 16.2 Å². The second-order valence-corrected chi connectivity index (χ2v) is 2.21. The minimum atomic E-state index is -1.07. The molecule has 12 heavy (non-hydrogen) atoms. The first kappa shape index (κ1) is 8.32. The molecule has 0 atom stereocenters. The van der Waals surface area contributed by atoms with E-state index in [9.17, 15) is 4.79 Å². The highest BCUT2D eigenvalue weighted by Crippen LogP contribution is 1.99. The van der Waals surface area contributed by atoms with E-state index < -0.39 is 6.09 Å². The number of nitrogens with one attached hydrogen (secondary N) is 1. The highest BCUT2D eigenvalue weighted by atomic mass is 16.4. The van der Waals surface area contributed by atoms with Gasteiger partial charge in [0, 0.05) is 0 Å². The molecule has 0 saturated carbocycles. The van der Waals surface area contributed by atoms with Gasteiger partial charge in [-0.05, 0) is 12.1 Å². The summed E-state index contributed by atoms with van der Waals surface area (Å²) in [5, 5.41) is 10.5. The topological polar surface area (TPSA) is 88.2 Å². The molecular formula is C7H9N3O2. The molecule has 0 unspecified atom stereocenters. The van der Waals surface area contributed by atoms with Crippen LogP contribution in [0.1, 0.15) is 5.69 Å². The van der Waals surface area contributed by atoms with Crippen LogP contribution < -0.4 is 11.1 Å². The van der Waals surface area contributed by atoms with E-state index >= 15 is 0 Å². The smallest absolute Gasteiger partial charge is 0.404 e. The summed E-state index contributed by atoms with van der Waals surface area (Å²) in [5.74, 6) is 0.389. The SMILES string of the molecule is Nc1cccc(CNC(=O)O)n1. The van der Waals surface area contributed by atoms with Crippen LogP contribution in [0.3, 0.4) is 0 Å². The number of nitrogens with two attached hydrogens (primary N) is 1. The lowest BCUT2D eigenvalue weighted by Gasteiger charge is -2.00. The van der Waals surface area contributed by atoms with Gasteiger partial charge in [-0.2, -0.15) is 0 Å². The summed E-state index contributed by atoms with van der Waals surface area (Å²) in [5.41, 5.74) is 5.99. The first-order valence-electron chi connectivity index (χ1n) is 3.36. The molecule has 0 aliphatic heterocycles. The fourth-order valence-corrected chi connectivity index (χ4v) is 0.763. The Bertz CT molecular complexity index is 288. The average Bonchev–Trinajstić information content (AvgIpc) is 2.01. The van der Waals surface area contributed by atoms with Crippen LogP contribution in [0, 0.1) is 0 Å². The summed E-state index contributed by atoms with van der Waals surface area (Å²) in [6.45, 7) is 0.181. The molecule has 0 radical (unpaired) electrons. The first-order valence-corrected chi connectivity index (χ1v) is 3.36. The molecule has 5 heteroatoms. The van der Waals surface area contributed by atoms with Crippen LogP contribution >= 0.6 is 0 Å². The Labute approximate surface area is 69.2 Å². The van der Waals surface area contributed by atoms with Crippen molar-refractivity contribution in [2.75, 3.05) is 5.73 Å². The van der Waals surface area contributed by atoms with Crippen molar-refractivity contribution in [3.8, 4) is 0 Å². The molecule has 0 saturated heterocycles. The van der Waals surface area contributed by atoms with Crippen LogP contribution in [0.25, 0.3) is 0 Å². The summed E-state index contributed by atoms with van der Waals surface area (Å²) in [6.07, 6.45) is -1.07. The normalized spacial score (nSPS) is 9.33. The van der Waals surface area contributed by atoms with Gasteiger partial charge in [-0.15, -0.1) is 0 Å². The van der Waals surface area contributed by atoms with E-state index in [0.29, 0.717) is 11.5 Å². The van der Waals surface area contributed by atoms with Crippen LogP contribution in [0.2, 0.25) is 0 Å². The molecule has 0 aliphatic rings. The molecule has 0 bridgehead atoms. The highest BCUT2D eigenvalue weighted by Gasteiger charge is 1.97. The number of pyridine rings is 1. The van der Waals surface area contributed by atoms with E-state index in [2.05, 4.69) is 10.3 Å². The number of hydrogen-bond donors (Lipinski definition) is 3. The fourth-order valence-electron chi connectivity index (χ4n) is 0.763. The van der Waals surface area contributed by atoms with E-state index in [4.69, 9.17) is 10.8 Å². The zero-order valence-electron chi connectivity index (χ0n) is 6.32. The highest BCUT2D eigenvalue weighted by molar-refractivity contribution is 5.64. The third-order valence-corrected chi connectivity index (χ3v) is 1.25. The molecule has 0 fully saturated rings. The molecule has 4 N–H and O–H groups in total. The molecule has 0 aliphatic carbocycles. The van der Waals surface area contributed by atoms with Crippen LogP contribution in [0.5, 0.6) is 0 Å². The minimum Gasteiger partial charge on any atom is -0.465 e. The lowest BCUT2D eigenvalue weighted by atomic mass is 10.3. The Balaban J connectivity index is 2.57. The number of nitrogen functional groups attached to an aromatic ring is 1. The Morgan fingerprint density at radius 1 is 1.67 bits per heavy atom. The largest absolute Gasteiger partial charge is 0.465 e. The molecular weight excluding hydrogens is 158 g/mol. The van der Waals surface area contributed by atoms with E-state index in [1.54, 1.807) is 18.2 Å². The molecule has 5 nitrogen and oxygen atoms in total. The fraction of sp³-hybridized carbons (Fsp3) is 0.143. The van der Waals surface area contributed by atoms with E-state index in [-0.39, 0.29) is 6.54 Å². The quantitative estimate of drug-likeness (QED) is 0.596. The number of amides is 1. The number of hydrogen-bond acceptors (Lipinski definition) is 3. The average molecular weight is 167 g/mol. The van der Waals surface area contributed by atoms with Crippen LogP contribution in [0.15, 0.2) is 18.2 Å². The predicted octanol–water partition coefficient (Wildman–Crippen LogP) is 0.431. The zero-order chi connectivity index (χ0) is 8.97. The molecule has 1 rings (SSSR count). The second kappa shape index (κ2) is 3.56. The number of carbonyl (C=O) groups is 1. The lowest BCUT2D eigenvalue weighted by Crippen LogP contribution is -2.20. The molecule has 1 aromatic heterocycles. The Kier molecular flexibility index (Phi) is 2.47. The zero-order valence-corrected chi connectivity index (χ0v) is 6.32. The van der Waals surface area contributed by atoms with Crippen molar-refractivity contribution in [2.24, 2.45) is 0 Å². The van der Waals surface area contributed by atoms with Gasteiger partial charge in [0.05, 0.1) is 12.2 Å². The third kappa shape index (κ3) is 2.45. The van der Waals surface area contributed by atoms with Crippen molar-refractivity contribution in [2.45, 2.75) is 6.54 Å². The van der Waals surface area contributed by atoms with Gasteiger partial charge in [-0.1, -0.05) is 6.07 Å². The number of nitrogens with zero attached hydrogens (tertiary/aromatic N) is 1. The Hall–Kier alpha value is -1.78. The number of aromatic nitrogens is 1. The van der Waals surface area contributed by atoms with Gasteiger partial charge in [0.1, 0.15) is 5.82 Å². The molecule has 1 heterocycles. The summed E-state index contributed by atoms with van der Waals surface area (Å²) in [7, 11) is 0. The van der Waals surface area contributed by atoms with Crippen molar-refractivity contribution in [1.82, 2.24) is 10.3 Å². The van der Waals surface area contributed by atoms with Gasteiger partial charge in [-0.3, -0.25) is 0 Å². The molecule has 64 valence electrons. The Morgan fingerprint density at radius 2 is 2.42 bits per heavy atom. The maximum atomic E-state index is 10.1. The summed E-state index contributed by atoms with van der Waals surface area (Å²) < 4.78 is 0.